The minimum absolute atomic E-state index is 0.104. The standard InChI is InChI=1S/C8H12O/c1-3-4-5-8(2)6-7-9/h3-6,9H,1,7H2,2H3. The van der Waals surface area contributed by atoms with E-state index in [1.165, 1.54) is 0 Å². The zero-order chi connectivity index (χ0) is 7.11. The molecular formula is C8H12O. The summed E-state index contributed by atoms with van der Waals surface area (Å²) < 4.78 is 0. The van der Waals surface area contributed by atoms with Gasteiger partial charge in [-0.15, -0.1) is 0 Å². The molecule has 0 aliphatic carbocycles. The average Bonchev–Trinajstić information content (AvgIpc) is 1.85. The quantitative estimate of drug-likeness (QED) is 0.567. The smallest absolute Gasteiger partial charge is 0.0617 e. The lowest BCUT2D eigenvalue weighted by Gasteiger charge is -1.85. The highest BCUT2D eigenvalue weighted by atomic mass is 16.2. The lowest BCUT2D eigenvalue weighted by atomic mass is 10.2. The van der Waals surface area contributed by atoms with Crippen LogP contribution in [-0.4, -0.2) is 11.7 Å². The van der Waals surface area contributed by atoms with Crippen LogP contribution in [0.4, 0.5) is 0 Å². The van der Waals surface area contributed by atoms with Crippen molar-refractivity contribution in [1.82, 2.24) is 0 Å². The van der Waals surface area contributed by atoms with Crippen LogP contribution in [0.5, 0.6) is 0 Å². The van der Waals surface area contributed by atoms with Gasteiger partial charge in [0.15, 0.2) is 0 Å². The summed E-state index contributed by atoms with van der Waals surface area (Å²) in [6, 6.07) is 0. The van der Waals surface area contributed by atoms with Crippen molar-refractivity contribution < 1.29 is 5.11 Å². The van der Waals surface area contributed by atoms with Crippen molar-refractivity contribution in [3.8, 4) is 0 Å². The lowest BCUT2D eigenvalue weighted by molar-refractivity contribution is 0.342. The monoisotopic (exact) mass is 124 g/mol. The molecular weight excluding hydrogens is 112 g/mol. The van der Waals surface area contributed by atoms with Gasteiger partial charge in [0.1, 0.15) is 0 Å². The van der Waals surface area contributed by atoms with Crippen LogP contribution >= 0.6 is 0 Å². The van der Waals surface area contributed by atoms with E-state index in [0.29, 0.717) is 0 Å². The second-order valence-corrected chi connectivity index (χ2v) is 1.73. The van der Waals surface area contributed by atoms with E-state index >= 15 is 0 Å². The van der Waals surface area contributed by atoms with Gasteiger partial charge in [0.05, 0.1) is 6.61 Å². The molecule has 0 aromatic heterocycles. The van der Waals surface area contributed by atoms with Crippen LogP contribution in [0.2, 0.25) is 0 Å². The van der Waals surface area contributed by atoms with Crippen LogP contribution < -0.4 is 0 Å². The zero-order valence-corrected chi connectivity index (χ0v) is 5.67. The van der Waals surface area contributed by atoms with Gasteiger partial charge in [-0.1, -0.05) is 36.5 Å². The van der Waals surface area contributed by atoms with Crippen LogP contribution in [-0.2, 0) is 0 Å². The van der Waals surface area contributed by atoms with Gasteiger partial charge in [0, 0.05) is 0 Å². The van der Waals surface area contributed by atoms with Gasteiger partial charge in [0.25, 0.3) is 0 Å². The number of hydrogen-bond acceptors (Lipinski definition) is 1. The molecule has 0 aliphatic rings. The minimum Gasteiger partial charge on any atom is -0.392 e. The van der Waals surface area contributed by atoms with E-state index in [0.717, 1.165) is 5.57 Å². The van der Waals surface area contributed by atoms with Gasteiger partial charge in [-0.05, 0) is 6.92 Å². The Kier molecular flexibility index (Phi) is 4.83. The Bertz CT molecular complexity index is 132. The predicted octanol–water partition coefficient (Wildman–Crippen LogP) is 1.67. The first-order valence-electron chi connectivity index (χ1n) is 2.88. The van der Waals surface area contributed by atoms with Crippen LogP contribution in [0.25, 0.3) is 0 Å². The summed E-state index contributed by atoms with van der Waals surface area (Å²) in [6.45, 7) is 5.55. The Hall–Kier alpha value is -0.820. The highest BCUT2D eigenvalue weighted by Crippen LogP contribution is 1.92. The van der Waals surface area contributed by atoms with E-state index in [9.17, 15) is 0 Å². The SMILES string of the molecule is C=CC=CC(C)=CCO. The average molecular weight is 124 g/mol. The van der Waals surface area contributed by atoms with Crippen molar-refractivity contribution in [2.24, 2.45) is 0 Å². The number of hydrogen-bond donors (Lipinski definition) is 1. The molecule has 1 heteroatoms. The first kappa shape index (κ1) is 8.18. The van der Waals surface area contributed by atoms with Crippen molar-refractivity contribution >= 4 is 0 Å². The Morgan fingerprint density at radius 1 is 1.67 bits per heavy atom. The van der Waals surface area contributed by atoms with E-state index < -0.39 is 0 Å². The Balaban J connectivity index is 3.74. The van der Waals surface area contributed by atoms with E-state index in [1.54, 1.807) is 12.2 Å². The van der Waals surface area contributed by atoms with Crippen LogP contribution in [0, 0.1) is 0 Å². The van der Waals surface area contributed by atoms with Gasteiger partial charge in [0.2, 0.25) is 0 Å². The van der Waals surface area contributed by atoms with Crippen molar-refractivity contribution in [2.75, 3.05) is 6.61 Å². The molecule has 0 aromatic carbocycles. The molecule has 0 bridgehead atoms. The van der Waals surface area contributed by atoms with Crippen molar-refractivity contribution in [3.63, 3.8) is 0 Å². The molecule has 0 fully saturated rings. The first-order valence-corrected chi connectivity index (χ1v) is 2.88. The van der Waals surface area contributed by atoms with E-state index in [4.69, 9.17) is 5.11 Å². The normalized spacial score (nSPS) is 12.4. The summed E-state index contributed by atoms with van der Waals surface area (Å²) in [7, 11) is 0. The third kappa shape index (κ3) is 5.04. The summed E-state index contributed by atoms with van der Waals surface area (Å²) in [4.78, 5) is 0. The van der Waals surface area contributed by atoms with Crippen molar-refractivity contribution in [2.45, 2.75) is 6.92 Å². The first-order chi connectivity index (χ1) is 4.31. The second kappa shape index (κ2) is 5.32. The molecule has 0 saturated heterocycles. The maximum atomic E-state index is 8.40. The van der Waals surface area contributed by atoms with Crippen LogP contribution in [0.15, 0.2) is 36.5 Å². The Morgan fingerprint density at radius 2 is 2.33 bits per heavy atom. The number of aliphatic hydroxyl groups is 1. The topological polar surface area (TPSA) is 20.2 Å². The minimum atomic E-state index is 0.104. The van der Waals surface area contributed by atoms with Gasteiger partial charge in [-0.25, -0.2) is 0 Å². The third-order valence-corrected chi connectivity index (χ3v) is 0.908. The fourth-order valence-corrected chi connectivity index (χ4v) is 0.432. The fourth-order valence-electron chi connectivity index (χ4n) is 0.432. The summed E-state index contributed by atoms with van der Waals surface area (Å²) in [5.74, 6) is 0. The molecule has 0 spiro atoms. The van der Waals surface area contributed by atoms with Gasteiger partial charge in [-0.2, -0.15) is 0 Å². The second-order valence-electron chi connectivity index (χ2n) is 1.73. The molecule has 0 amide bonds. The number of aliphatic hydroxyl groups excluding tert-OH is 1. The lowest BCUT2D eigenvalue weighted by Crippen LogP contribution is -1.74. The molecule has 50 valence electrons. The third-order valence-electron chi connectivity index (χ3n) is 0.908. The predicted molar refractivity (Wildman–Crippen MR) is 40.2 cm³/mol. The van der Waals surface area contributed by atoms with Crippen LogP contribution in [0.3, 0.4) is 0 Å². The zero-order valence-electron chi connectivity index (χ0n) is 5.67. The summed E-state index contributed by atoms with van der Waals surface area (Å²) in [5.41, 5.74) is 1.05. The van der Waals surface area contributed by atoms with Gasteiger partial charge in [-0.3, -0.25) is 0 Å². The summed E-state index contributed by atoms with van der Waals surface area (Å²) in [6.07, 6.45) is 7.17. The van der Waals surface area contributed by atoms with Gasteiger partial charge >= 0.3 is 0 Å². The molecule has 1 nitrogen and oxygen atoms in total. The van der Waals surface area contributed by atoms with Crippen molar-refractivity contribution in [3.05, 3.63) is 36.5 Å². The maximum absolute atomic E-state index is 8.40. The number of rotatable bonds is 3. The highest BCUT2D eigenvalue weighted by Gasteiger charge is 1.75. The largest absolute Gasteiger partial charge is 0.392 e. The molecule has 9 heavy (non-hydrogen) atoms. The van der Waals surface area contributed by atoms with Gasteiger partial charge < -0.3 is 5.11 Å². The highest BCUT2D eigenvalue weighted by molar-refractivity contribution is 5.18. The van der Waals surface area contributed by atoms with E-state index in [1.807, 2.05) is 19.1 Å². The molecule has 0 radical (unpaired) electrons. The van der Waals surface area contributed by atoms with Crippen LogP contribution in [0.1, 0.15) is 6.92 Å². The molecule has 0 rings (SSSR count). The van der Waals surface area contributed by atoms with E-state index in [2.05, 4.69) is 6.58 Å². The molecule has 0 aromatic rings. The summed E-state index contributed by atoms with van der Waals surface area (Å²) >= 11 is 0. The number of allylic oxidation sites excluding steroid dienone is 4. The summed E-state index contributed by atoms with van der Waals surface area (Å²) in [5, 5.41) is 8.40. The molecule has 0 saturated carbocycles. The molecule has 0 unspecified atom stereocenters. The molecule has 0 atom stereocenters. The van der Waals surface area contributed by atoms with Crippen molar-refractivity contribution in [1.29, 1.82) is 0 Å². The van der Waals surface area contributed by atoms with E-state index in [-0.39, 0.29) is 6.61 Å². The Morgan fingerprint density at radius 3 is 2.78 bits per heavy atom. The Labute approximate surface area is 56.0 Å². The fraction of sp³-hybridized carbons (Fsp3) is 0.250. The maximum Gasteiger partial charge on any atom is 0.0617 e. The molecule has 1 N–H and O–H groups in total. The molecule has 0 heterocycles. The molecule has 0 aliphatic heterocycles.